The molecule has 0 aliphatic rings. The minimum Gasteiger partial charge on any atom is -0.466 e. The highest BCUT2D eigenvalue weighted by molar-refractivity contribution is 5.87. The van der Waals surface area contributed by atoms with E-state index in [1.807, 2.05) is 48.5 Å². The van der Waals surface area contributed by atoms with Crippen molar-refractivity contribution in [2.45, 2.75) is 0 Å². The first-order valence-electron chi connectivity index (χ1n) is 6.57. The number of methoxy groups -OCH3 is 1. The van der Waals surface area contributed by atoms with E-state index in [9.17, 15) is 4.79 Å². The summed E-state index contributed by atoms with van der Waals surface area (Å²) in [6.07, 6.45) is 3.12. The molecular weight excluding hydrogens is 264 g/mol. The number of fused-ring (bicyclic) bond motifs is 1. The summed E-state index contributed by atoms with van der Waals surface area (Å²) in [6, 6.07) is 15.7. The van der Waals surface area contributed by atoms with Gasteiger partial charge in [0.15, 0.2) is 0 Å². The molecule has 4 nitrogen and oxygen atoms in total. The van der Waals surface area contributed by atoms with Gasteiger partial charge in [-0.15, -0.1) is 0 Å². The van der Waals surface area contributed by atoms with Gasteiger partial charge in [0.2, 0.25) is 0 Å². The summed E-state index contributed by atoms with van der Waals surface area (Å²) in [5, 5.41) is 0. The van der Waals surface area contributed by atoms with E-state index in [1.54, 1.807) is 6.08 Å². The summed E-state index contributed by atoms with van der Waals surface area (Å²) in [5.41, 5.74) is 3.89. The monoisotopic (exact) mass is 278 g/mol. The lowest BCUT2D eigenvalue weighted by Crippen LogP contribution is -1.93. The van der Waals surface area contributed by atoms with Crippen molar-refractivity contribution in [1.29, 1.82) is 0 Å². The van der Waals surface area contributed by atoms with Crippen LogP contribution >= 0.6 is 0 Å². The third kappa shape index (κ3) is 2.84. The Bertz CT molecular complexity index is 768. The molecule has 0 amide bonds. The molecule has 0 aliphatic carbocycles. The number of benzene rings is 2. The van der Waals surface area contributed by atoms with Gasteiger partial charge in [-0.3, -0.25) is 0 Å². The van der Waals surface area contributed by atoms with Crippen molar-refractivity contribution in [2.75, 3.05) is 7.11 Å². The molecule has 3 aromatic rings. The van der Waals surface area contributed by atoms with Crippen LogP contribution in [0, 0.1) is 0 Å². The summed E-state index contributed by atoms with van der Waals surface area (Å²) in [7, 11) is 1.36. The molecule has 1 aromatic heterocycles. The molecule has 4 heteroatoms. The van der Waals surface area contributed by atoms with Crippen LogP contribution < -0.4 is 0 Å². The van der Waals surface area contributed by atoms with E-state index in [-0.39, 0.29) is 5.97 Å². The number of nitrogens with zero attached hydrogens (tertiary/aromatic N) is 1. The Morgan fingerprint density at radius 1 is 1.14 bits per heavy atom. The third-order valence-corrected chi connectivity index (χ3v) is 3.19. The van der Waals surface area contributed by atoms with Gasteiger partial charge in [0, 0.05) is 11.6 Å². The smallest absolute Gasteiger partial charge is 0.330 e. The fourth-order valence-electron chi connectivity index (χ4n) is 2.07. The number of ether oxygens (including phenoxy) is 1. The minimum atomic E-state index is -0.364. The van der Waals surface area contributed by atoms with Crippen LogP contribution in [-0.4, -0.2) is 23.0 Å². The highest BCUT2D eigenvalue weighted by Gasteiger charge is 2.04. The molecule has 2 aromatic carbocycles. The van der Waals surface area contributed by atoms with Crippen molar-refractivity contribution >= 4 is 23.1 Å². The largest absolute Gasteiger partial charge is 0.466 e. The lowest BCUT2D eigenvalue weighted by atomic mass is 10.1. The summed E-state index contributed by atoms with van der Waals surface area (Å²) in [6.45, 7) is 0. The minimum absolute atomic E-state index is 0.364. The molecule has 0 unspecified atom stereocenters. The summed E-state index contributed by atoms with van der Waals surface area (Å²) in [5.74, 6) is 0.469. The number of hydrogen-bond acceptors (Lipinski definition) is 3. The predicted molar refractivity (Wildman–Crippen MR) is 82.6 cm³/mol. The maximum atomic E-state index is 11.0. The topological polar surface area (TPSA) is 55.0 Å². The zero-order chi connectivity index (χ0) is 14.7. The first-order chi connectivity index (χ1) is 10.3. The van der Waals surface area contributed by atoms with Crippen LogP contribution in [-0.2, 0) is 9.53 Å². The Balaban J connectivity index is 1.86. The average molecular weight is 278 g/mol. The number of carbonyl (C=O) groups is 1. The van der Waals surface area contributed by atoms with Crippen LogP contribution in [0.15, 0.2) is 54.6 Å². The van der Waals surface area contributed by atoms with Gasteiger partial charge in [-0.05, 0) is 23.8 Å². The Morgan fingerprint density at radius 3 is 2.62 bits per heavy atom. The number of H-pyrrole nitrogens is 1. The van der Waals surface area contributed by atoms with Gasteiger partial charge in [-0.25, -0.2) is 9.78 Å². The number of esters is 1. The van der Waals surface area contributed by atoms with Gasteiger partial charge < -0.3 is 9.72 Å². The Hall–Kier alpha value is -2.88. The normalized spacial score (nSPS) is 11.1. The molecule has 0 saturated carbocycles. The van der Waals surface area contributed by atoms with E-state index in [2.05, 4.69) is 14.7 Å². The zero-order valence-electron chi connectivity index (χ0n) is 11.5. The molecule has 0 bridgehead atoms. The van der Waals surface area contributed by atoms with Crippen molar-refractivity contribution in [1.82, 2.24) is 9.97 Å². The fourth-order valence-corrected chi connectivity index (χ4v) is 2.07. The number of para-hydroxylation sites is 2. The van der Waals surface area contributed by atoms with Crippen molar-refractivity contribution in [3.05, 3.63) is 60.2 Å². The number of carbonyl (C=O) groups excluding carboxylic acids is 1. The number of rotatable bonds is 3. The summed E-state index contributed by atoms with van der Waals surface area (Å²) < 4.78 is 4.56. The van der Waals surface area contributed by atoms with E-state index in [4.69, 9.17) is 0 Å². The lowest BCUT2D eigenvalue weighted by molar-refractivity contribution is -0.134. The SMILES string of the molecule is COC(=O)C=Cc1ccc(-c2nc3ccccc3[nH]2)cc1. The van der Waals surface area contributed by atoms with E-state index in [1.165, 1.54) is 13.2 Å². The van der Waals surface area contributed by atoms with Gasteiger partial charge in [0.05, 0.1) is 18.1 Å². The van der Waals surface area contributed by atoms with Crippen molar-refractivity contribution < 1.29 is 9.53 Å². The molecule has 0 saturated heterocycles. The fraction of sp³-hybridized carbons (Fsp3) is 0.0588. The van der Waals surface area contributed by atoms with E-state index in [0.717, 1.165) is 28.0 Å². The average Bonchev–Trinajstić information content (AvgIpc) is 2.97. The highest BCUT2D eigenvalue weighted by atomic mass is 16.5. The highest BCUT2D eigenvalue weighted by Crippen LogP contribution is 2.20. The van der Waals surface area contributed by atoms with Crippen molar-refractivity contribution in [2.24, 2.45) is 0 Å². The van der Waals surface area contributed by atoms with E-state index < -0.39 is 0 Å². The second-order valence-electron chi connectivity index (χ2n) is 4.58. The predicted octanol–water partition coefficient (Wildman–Crippen LogP) is 3.42. The van der Waals surface area contributed by atoms with Crippen LogP contribution in [0.3, 0.4) is 0 Å². The van der Waals surface area contributed by atoms with Crippen LogP contribution in [0.2, 0.25) is 0 Å². The Labute approximate surface area is 122 Å². The van der Waals surface area contributed by atoms with Crippen molar-refractivity contribution in [3.8, 4) is 11.4 Å². The summed E-state index contributed by atoms with van der Waals surface area (Å²) >= 11 is 0. The Morgan fingerprint density at radius 2 is 1.90 bits per heavy atom. The first-order valence-corrected chi connectivity index (χ1v) is 6.57. The molecule has 0 atom stereocenters. The Kier molecular flexibility index (Phi) is 3.51. The van der Waals surface area contributed by atoms with Crippen LogP contribution in [0.25, 0.3) is 28.5 Å². The molecule has 21 heavy (non-hydrogen) atoms. The van der Waals surface area contributed by atoms with Crippen LogP contribution in [0.5, 0.6) is 0 Å². The second kappa shape index (κ2) is 5.63. The van der Waals surface area contributed by atoms with Gasteiger partial charge in [0.25, 0.3) is 0 Å². The van der Waals surface area contributed by atoms with Gasteiger partial charge in [-0.1, -0.05) is 36.4 Å². The first kappa shape index (κ1) is 13.1. The number of hydrogen-bond donors (Lipinski definition) is 1. The van der Waals surface area contributed by atoms with Crippen LogP contribution in [0.4, 0.5) is 0 Å². The maximum absolute atomic E-state index is 11.0. The molecule has 0 fully saturated rings. The molecule has 104 valence electrons. The zero-order valence-corrected chi connectivity index (χ0v) is 11.5. The van der Waals surface area contributed by atoms with Gasteiger partial charge in [0.1, 0.15) is 5.82 Å². The molecular formula is C17H14N2O2. The quantitative estimate of drug-likeness (QED) is 0.590. The van der Waals surface area contributed by atoms with E-state index >= 15 is 0 Å². The molecule has 1 heterocycles. The number of aromatic amines is 1. The maximum Gasteiger partial charge on any atom is 0.330 e. The number of imidazole rings is 1. The van der Waals surface area contributed by atoms with Gasteiger partial charge >= 0.3 is 5.97 Å². The number of nitrogens with one attached hydrogen (secondary N) is 1. The summed E-state index contributed by atoms with van der Waals surface area (Å²) in [4.78, 5) is 18.9. The third-order valence-electron chi connectivity index (χ3n) is 3.19. The standard InChI is InChI=1S/C17H14N2O2/c1-21-16(20)11-8-12-6-9-13(10-7-12)17-18-14-4-2-3-5-15(14)19-17/h2-11H,1H3,(H,18,19). The molecule has 0 aliphatic heterocycles. The van der Waals surface area contributed by atoms with Gasteiger partial charge in [-0.2, -0.15) is 0 Å². The van der Waals surface area contributed by atoms with Crippen LogP contribution in [0.1, 0.15) is 5.56 Å². The second-order valence-corrected chi connectivity index (χ2v) is 4.58. The molecule has 3 rings (SSSR count). The molecule has 0 spiro atoms. The lowest BCUT2D eigenvalue weighted by Gasteiger charge is -1.98. The van der Waals surface area contributed by atoms with E-state index in [0.29, 0.717) is 0 Å². The van der Waals surface area contributed by atoms with Crippen molar-refractivity contribution in [3.63, 3.8) is 0 Å². The number of aromatic nitrogens is 2. The molecule has 0 radical (unpaired) electrons. The molecule has 1 N–H and O–H groups in total.